The van der Waals surface area contributed by atoms with Crippen LogP contribution < -0.4 is 14.8 Å². The number of benzene rings is 2. The van der Waals surface area contributed by atoms with Crippen molar-refractivity contribution in [3.05, 3.63) is 47.5 Å². The second kappa shape index (κ2) is 8.79. The lowest BCUT2D eigenvalue weighted by Gasteiger charge is -2.10. The first-order chi connectivity index (χ1) is 13.1. The number of ether oxygens (including phenoxy) is 2. The van der Waals surface area contributed by atoms with Gasteiger partial charge in [0.2, 0.25) is 11.8 Å². The van der Waals surface area contributed by atoms with Gasteiger partial charge in [0.15, 0.2) is 11.5 Å². The molecular formula is C18H16ClN3O4S. The van der Waals surface area contributed by atoms with E-state index in [4.69, 9.17) is 25.5 Å². The maximum Gasteiger partial charge on any atom is 0.277 e. The number of carbonyl (C=O) groups excluding carboxylic acids is 1. The van der Waals surface area contributed by atoms with Crippen molar-refractivity contribution < 1.29 is 18.7 Å². The van der Waals surface area contributed by atoms with Crippen LogP contribution in [0.4, 0.5) is 5.69 Å². The molecule has 1 amide bonds. The van der Waals surface area contributed by atoms with Crippen LogP contribution >= 0.6 is 23.4 Å². The maximum atomic E-state index is 12.1. The highest BCUT2D eigenvalue weighted by atomic mass is 35.5. The Labute approximate surface area is 165 Å². The largest absolute Gasteiger partial charge is 0.493 e. The highest BCUT2D eigenvalue weighted by Gasteiger charge is 2.12. The zero-order chi connectivity index (χ0) is 19.2. The van der Waals surface area contributed by atoms with E-state index in [1.54, 1.807) is 49.6 Å². The molecule has 0 saturated carbocycles. The summed E-state index contributed by atoms with van der Waals surface area (Å²) in [5.41, 5.74) is 1.36. The predicted molar refractivity (Wildman–Crippen MR) is 104 cm³/mol. The third kappa shape index (κ3) is 4.93. The molecule has 0 spiro atoms. The fourth-order valence-corrected chi connectivity index (χ4v) is 2.90. The van der Waals surface area contributed by atoms with E-state index in [-0.39, 0.29) is 11.7 Å². The molecule has 2 aromatic carbocycles. The summed E-state index contributed by atoms with van der Waals surface area (Å²) in [7, 11) is 3.09. The van der Waals surface area contributed by atoms with Crippen LogP contribution in [0.3, 0.4) is 0 Å². The zero-order valence-corrected chi connectivity index (χ0v) is 16.1. The second-order valence-electron chi connectivity index (χ2n) is 5.29. The first-order valence-electron chi connectivity index (χ1n) is 7.83. The number of halogens is 1. The van der Waals surface area contributed by atoms with Crippen molar-refractivity contribution in [3.63, 3.8) is 0 Å². The third-order valence-electron chi connectivity index (χ3n) is 3.49. The van der Waals surface area contributed by atoms with E-state index < -0.39 is 0 Å². The van der Waals surface area contributed by atoms with Gasteiger partial charge in [-0.05, 0) is 36.4 Å². The van der Waals surface area contributed by atoms with E-state index in [2.05, 4.69) is 15.5 Å². The summed E-state index contributed by atoms with van der Waals surface area (Å²) in [4.78, 5) is 12.1. The van der Waals surface area contributed by atoms with E-state index in [0.29, 0.717) is 33.3 Å². The Morgan fingerprint density at radius 1 is 1.11 bits per heavy atom. The summed E-state index contributed by atoms with van der Waals surface area (Å²) in [6.07, 6.45) is 0. The highest BCUT2D eigenvalue weighted by molar-refractivity contribution is 7.99. The minimum Gasteiger partial charge on any atom is -0.493 e. The molecule has 0 unspecified atom stereocenters. The average molecular weight is 406 g/mol. The van der Waals surface area contributed by atoms with Gasteiger partial charge in [-0.1, -0.05) is 23.4 Å². The van der Waals surface area contributed by atoms with Crippen LogP contribution in [-0.4, -0.2) is 36.1 Å². The van der Waals surface area contributed by atoms with Crippen molar-refractivity contribution in [1.29, 1.82) is 0 Å². The number of aromatic nitrogens is 2. The van der Waals surface area contributed by atoms with Crippen LogP contribution in [0.15, 0.2) is 52.1 Å². The summed E-state index contributed by atoms with van der Waals surface area (Å²) in [5.74, 6) is 1.40. The topological polar surface area (TPSA) is 86.5 Å². The van der Waals surface area contributed by atoms with Crippen molar-refractivity contribution in [2.75, 3.05) is 25.3 Å². The standard InChI is InChI=1S/C18H16ClN3O4S/c1-24-14-8-7-13(9-15(14)25-2)20-16(23)10-27-18-22-21-17(26-18)11-3-5-12(19)6-4-11/h3-9H,10H2,1-2H3,(H,20,23). The van der Waals surface area contributed by atoms with Crippen LogP contribution in [0.25, 0.3) is 11.5 Å². The molecule has 0 bridgehead atoms. The van der Waals surface area contributed by atoms with Gasteiger partial charge in [-0.15, -0.1) is 10.2 Å². The molecule has 7 nitrogen and oxygen atoms in total. The number of rotatable bonds is 7. The van der Waals surface area contributed by atoms with Gasteiger partial charge >= 0.3 is 0 Å². The van der Waals surface area contributed by atoms with Crippen LogP contribution in [0, 0.1) is 0 Å². The van der Waals surface area contributed by atoms with E-state index in [0.717, 1.165) is 17.3 Å². The normalized spacial score (nSPS) is 10.5. The number of methoxy groups -OCH3 is 2. The van der Waals surface area contributed by atoms with Crippen molar-refractivity contribution in [2.45, 2.75) is 5.22 Å². The first kappa shape index (κ1) is 19.1. The van der Waals surface area contributed by atoms with Gasteiger partial charge in [0.25, 0.3) is 5.22 Å². The van der Waals surface area contributed by atoms with Gasteiger partial charge in [0, 0.05) is 22.3 Å². The molecule has 1 heterocycles. The van der Waals surface area contributed by atoms with Crippen LogP contribution in [0.1, 0.15) is 0 Å². The molecular weight excluding hydrogens is 390 g/mol. The van der Waals surface area contributed by atoms with E-state index >= 15 is 0 Å². The molecule has 0 radical (unpaired) electrons. The molecule has 0 atom stereocenters. The monoisotopic (exact) mass is 405 g/mol. The minimum atomic E-state index is -0.210. The Balaban J connectivity index is 1.57. The molecule has 1 N–H and O–H groups in total. The van der Waals surface area contributed by atoms with Gasteiger partial charge in [-0.25, -0.2) is 0 Å². The molecule has 3 rings (SSSR count). The number of nitrogens with zero attached hydrogens (tertiary/aromatic N) is 2. The number of hydrogen-bond donors (Lipinski definition) is 1. The summed E-state index contributed by atoms with van der Waals surface area (Å²) in [6, 6.07) is 12.2. The van der Waals surface area contributed by atoms with E-state index in [1.165, 1.54) is 7.11 Å². The van der Waals surface area contributed by atoms with Crippen molar-refractivity contribution in [3.8, 4) is 23.0 Å². The molecule has 0 saturated heterocycles. The number of carbonyl (C=O) groups is 1. The number of thioether (sulfide) groups is 1. The second-order valence-corrected chi connectivity index (χ2v) is 6.65. The SMILES string of the molecule is COc1ccc(NC(=O)CSc2nnc(-c3ccc(Cl)cc3)o2)cc1OC. The Morgan fingerprint density at radius 2 is 1.85 bits per heavy atom. The van der Waals surface area contributed by atoms with Crippen LogP contribution in [-0.2, 0) is 4.79 Å². The van der Waals surface area contributed by atoms with E-state index in [1.807, 2.05) is 0 Å². The van der Waals surface area contributed by atoms with Crippen LogP contribution in [0.2, 0.25) is 5.02 Å². The lowest BCUT2D eigenvalue weighted by atomic mass is 10.2. The molecule has 27 heavy (non-hydrogen) atoms. The fourth-order valence-electron chi connectivity index (χ4n) is 2.22. The number of hydrogen-bond acceptors (Lipinski definition) is 7. The van der Waals surface area contributed by atoms with E-state index in [9.17, 15) is 4.79 Å². The Bertz CT molecular complexity index is 931. The summed E-state index contributed by atoms with van der Waals surface area (Å²) in [5, 5.41) is 11.6. The third-order valence-corrected chi connectivity index (χ3v) is 4.56. The van der Waals surface area contributed by atoms with Crippen molar-refractivity contribution in [1.82, 2.24) is 10.2 Å². The molecule has 1 aromatic heterocycles. The number of amides is 1. The molecule has 0 aliphatic rings. The summed E-state index contributed by atoms with van der Waals surface area (Å²) >= 11 is 7.01. The van der Waals surface area contributed by atoms with Crippen molar-refractivity contribution in [2.24, 2.45) is 0 Å². The van der Waals surface area contributed by atoms with Gasteiger partial charge in [0.1, 0.15) is 0 Å². The summed E-state index contributed by atoms with van der Waals surface area (Å²) < 4.78 is 15.9. The fraction of sp³-hybridized carbons (Fsp3) is 0.167. The van der Waals surface area contributed by atoms with Crippen molar-refractivity contribution >= 4 is 35.0 Å². The lowest BCUT2D eigenvalue weighted by molar-refractivity contribution is -0.113. The van der Waals surface area contributed by atoms with Gasteiger partial charge in [-0.3, -0.25) is 4.79 Å². The predicted octanol–water partition coefficient (Wildman–Crippen LogP) is 4.14. The lowest BCUT2D eigenvalue weighted by Crippen LogP contribution is -2.14. The Morgan fingerprint density at radius 3 is 2.56 bits per heavy atom. The average Bonchev–Trinajstić information content (AvgIpc) is 3.16. The molecule has 0 fully saturated rings. The molecule has 9 heteroatoms. The smallest absolute Gasteiger partial charge is 0.277 e. The first-order valence-corrected chi connectivity index (χ1v) is 9.19. The maximum absolute atomic E-state index is 12.1. The molecule has 0 aliphatic carbocycles. The van der Waals surface area contributed by atoms with Gasteiger partial charge in [-0.2, -0.15) is 0 Å². The minimum absolute atomic E-state index is 0.122. The van der Waals surface area contributed by atoms with Crippen LogP contribution in [0.5, 0.6) is 11.5 Å². The molecule has 140 valence electrons. The number of anilines is 1. The quantitative estimate of drug-likeness (QED) is 0.591. The Hall–Kier alpha value is -2.71. The molecule has 3 aromatic rings. The van der Waals surface area contributed by atoms with Gasteiger partial charge < -0.3 is 19.2 Å². The summed E-state index contributed by atoms with van der Waals surface area (Å²) in [6.45, 7) is 0. The number of nitrogens with one attached hydrogen (secondary N) is 1. The highest BCUT2D eigenvalue weighted by Crippen LogP contribution is 2.30. The molecule has 0 aliphatic heterocycles. The zero-order valence-electron chi connectivity index (χ0n) is 14.6. The van der Waals surface area contributed by atoms with Gasteiger partial charge in [0.05, 0.1) is 20.0 Å². The Kier molecular flexibility index (Phi) is 6.20.